The first-order chi connectivity index (χ1) is 12.3. The topological polar surface area (TPSA) is 72.5 Å². The van der Waals surface area contributed by atoms with E-state index in [1.165, 1.54) is 12.8 Å². The summed E-state index contributed by atoms with van der Waals surface area (Å²) in [7, 11) is -3.49. The summed E-state index contributed by atoms with van der Waals surface area (Å²) in [6.07, 6.45) is 5.67. The molecule has 138 valence electrons. The highest BCUT2D eigenvalue weighted by Crippen LogP contribution is 2.25. The molecule has 5 nitrogen and oxygen atoms in total. The minimum Gasteiger partial charge on any atom is -0.490 e. The molecule has 2 aromatic carbocycles. The number of hydrogen-bond donors (Lipinski definition) is 1. The van der Waals surface area contributed by atoms with Gasteiger partial charge in [-0.1, -0.05) is 0 Å². The first kappa shape index (κ1) is 18.4. The fourth-order valence-corrected chi connectivity index (χ4v) is 3.56. The summed E-state index contributed by atoms with van der Waals surface area (Å²) in [4.78, 5) is 12.3. The van der Waals surface area contributed by atoms with Crippen LogP contribution in [0.5, 0.6) is 5.75 Å². The molecule has 1 fully saturated rings. The lowest BCUT2D eigenvalue weighted by Crippen LogP contribution is -2.14. The molecule has 0 atom stereocenters. The molecule has 1 N–H and O–H groups in total. The molecule has 0 heterocycles. The number of amides is 1. The predicted octanol–water partition coefficient (Wildman–Crippen LogP) is 3.80. The van der Waals surface area contributed by atoms with Crippen LogP contribution in [0.3, 0.4) is 0 Å². The molecule has 2 aromatic rings. The summed E-state index contributed by atoms with van der Waals surface area (Å²) in [6.45, 7) is 0. The molecule has 0 radical (unpaired) electrons. The number of hydrogen-bond acceptors (Lipinski definition) is 4. The quantitative estimate of drug-likeness (QED) is 0.805. The van der Waals surface area contributed by atoms with Crippen LogP contribution >= 0.6 is 0 Å². The van der Waals surface area contributed by atoms with Crippen LogP contribution in [0, 0.1) is 5.82 Å². The van der Waals surface area contributed by atoms with E-state index in [9.17, 15) is 17.6 Å². The molecular formula is C19H20FNO4S. The Morgan fingerprint density at radius 2 is 1.77 bits per heavy atom. The monoisotopic (exact) mass is 377 g/mol. The maximum atomic E-state index is 13.9. The second-order valence-electron chi connectivity index (χ2n) is 6.42. The molecule has 0 saturated heterocycles. The Morgan fingerprint density at radius 3 is 2.38 bits per heavy atom. The van der Waals surface area contributed by atoms with Crippen LogP contribution in [0.4, 0.5) is 10.1 Å². The Labute approximate surface area is 152 Å². The van der Waals surface area contributed by atoms with Crippen LogP contribution < -0.4 is 10.1 Å². The minimum absolute atomic E-state index is 0.0606. The molecule has 26 heavy (non-hydrogen) atoms. The van der Waals surface area contributed by atoms with Crippen LogP contribution in [-0.2, 0) is 9.84 Å². The van der Waals surface area contributed by atoms with Crippen molar-refractivity contribution in [3.8, 4) is 5.75 Å². The highest BCUT2D eigenvalue weighted by Gasteiger charge is 2.17. The summed E-state index contributed by atoms with van der Waals surface area (Å²) in [6, 6.07) is 9.89. The third-order valence-electron chi connectivity index (χ3n) is 4.34. The van der Waals surface area contributed by atoms with Gasteiger partial charge in [0.2, 0.25) is 0 Å². The van der Waals surface area contributed by atoms with Crippen molar-refractivity contribution in [3.63, 3.8) is 0 Å². The van der Waals surface area contributed by atoms with Gasteiger partial charge >= 0.3 is 0 Å². The van der Waals surface area contributed by atoms with Crippen LogP contribution in [0.15, 0.2) is 47.4 Å². The number of carbonyl (C=O) groups is 1. The van der Waals surface area contributed by atoms with E-state index in [4.69, 9.17) is 4.74 Å². The van der Waals surface area contributed by atoms with E-state index >= 15 is 0 Å². The van der Waals surface area contributed by atoms with Gasteiger partial charge in [-0.2, -0.15) is 0 Å². The lowest BCUT2D eigenvalue weighted by molar-refractivity contribution is 0.102. The number of ether oxygens (including phenoxy) is 1. The van der Waals surface area contributed by atoms with E-state index in [2.05, 4.69) is 5.32 Å². The summed E-state index contributed by atoms with van der Waals surface area (Å²) < 4.78 is 42.9. The summed E-state index contributed by atoms with van der Waals surface area (Å²) in [5.41, 5.74) is 0.150. The van der Waals surface area contributed by atoms with Crippen LogP contribution in [0.25, 0.3) is 0 Å². The highest BCUT2D eigenvalue weighted by molar-refractivity contribution is 7.90. The van der Waals surface area contributed by atoms with Gasteiger partial charge in [-0.3, -0.25) is 4.79 Å². The van der Waals surface area contributed by atoms with E-state index in [0.717, 1.165) is 37.3 Å². The molecule has 7 heteroatoms. The second kappa shape index (κ2) is 7.45. The smallest absolute Gasteiger partial charge is 0.255 e. The van der Waals surface area contributed by atoms with Crippen molar-refractivity contribution in [3.05, 3.63) is 53.8 Å². The van der Waals surface area contributed by atoms with E-state index in [1.54, 1.807) is 24.3 Å². The molecule has 1 amide bonds. The molecule has 1 aliphatic carbocycles. The Balaban J connectivity index is 1.71. The van der Waals surface area contributed by atoms with E-state index < -0.39 is 21.6 Å². The molecule has 1 aliphatic rings. The van der Waals surface area contributed by atoms with Gasteiger partial charge in [0.25, 0.3) is 5.91 Å². The number of anilines is 1. The van der Waals surface area contributed by atoms with Crippen molar-refractivity contribution >= 4 is 21.4 Å². The Hall–Kier alpha value is -2.41. The molecule has 0 unspecified atom stereocenters. The van der Waals surface area contributed by atoms with Gasteiger partial charge in [-0.15, -0.1) is 0 Å². The molecular weight excluding hydrogens is 357 g/mol. The lowest BCUT2D eigenvalue weighted by Gasteiger charge is -2.13. The Morgan fingerprint density at radius 1 is 1.12 bits per heavy atom. The zero-order valence-electron chi connectivity index (χ0n) is 14.4. The standard InChI is InChI=1S/C19H20FNO4S/c1-26(23,24)16-10-11-17(20)18(12-16)21-19(22)13-6-8-15(9-7-13)25-14-4-2-3-5-14/h6-12,14H,2-5H2,1H3,(H,21,22). The van der Waals surface area contributed by atoms with Gasteiger partial charge in [-0.25, -0.2) is 12.8 Å². The first-order valence-corrected chi connectivity index (χ1v) is 10.3. The van der Waals surface area contributed by atoms with Gasteiger partial charge in [0.15, 0.2) is 9.84 Å². The van der Waals surface area contributed by atoms with Crippen molar-refractivity contribution in [2.45, 2.75) is 36.7 Å². The molecule has 0 bridgehead atoms. The maximum absolute atomic E-state index is 13.9. The third-order valence-corrected chi connectivity index (χ3v) is 5.45. The summed E-state index contributed by atoms with van der Waals surface area (Å²) in [5, 5.41) is 2.41. The zero-order chi connectivity index (χ0) is 18.7. The summed E-state index contributed by atoms with van der Waals surface area (Å²) >= 11 is 0. The number of rotatable bonds is 5. The van der Waals surface area contributed by atoms with Crippen molar-refractivity contribution in [2.24, 2.45) is 0 Å². The fraction of sp³-hybridized carbons (Fsp3) is 0.316. The van der Waals surface area contributed by atoms with Gasteiger partial charge in [0, 0.05) is 11.8 Å². The normalized spacial score (nSPS) is 15.0. The second-order valence-corrected chi connectivity index (χ2v) is 8.43. The average Bonchev–Trinajstić information content (AvgIpc) is 3.09. The number of halogens is 1. The maximum Gasteiger partial charge on any atom is 0.255 e. The van der Waals surface area contributed by atoms with Crippen molar-refractivity contribution in [1.29, 1.82) is 0 Å². The van der Waals surface area contributed by atoms with Crippen molar-refractivity contribution in [1.82, 2.24) is 0 Å². The van der Waals surface area contributed by atoms with E-state index in [0.29, 0.717) is 11.3 Å². The fourth-order valence-electron chi connectivity index (χ4n) is 2.91. The van der Waals surface area contributed by atoms with Crippen molar-refractivity contribution in [2.75, 3.05) is 11.6 Å². The number of carbonyl (C=O) groups excluding carboxylic acids is 1. The van der Waals surface area contributed by atoms with E-state index in [1.807, 2.05) is 0 Å². The van der Waals surface area contributed by atoms with Gasteiger partial charge < -0.3 is 10.1 Å². The van der Waals surface area contributed by atoms with Gasteiger partial charge in [0.1, 0.15) is 11.6 Å². The predicted molar refractivity (Wildman–Crippen MR) is 96.8 cm³/mol. The molecule has 0 spiro atoms. The van der Waals surface area contributed by atoms with Gasteiger partial charge in [0.05, 0.1) is 16.7 Å². The minimum atomic E-state index is -3.49. The molecule has 1 saturated carbocycles. The van der Waals surface area contributed by atoms with Crippen LogP contribution in [0.2, 0.25) is 0 Å². The number of benzene rings is 2. The third kappa shape index (κ3) is 4.40. The van der Waals surface area contributed by atoms with E-state index in [-0.39, 0.29) is 16.7 Å². The lowest BCUT2D eigenvalue weighted by atomic mass is 10.2. The average molecular weight is 377 g/mol. The van der Waals surface area contributed by atoms with Crippen molar-refractivity contribution < 1.29 is 22.3 Å². The SMILES string of the molecule is CS(=O)(=O)c1ccc(F)c(NC(=O)c2ccc(OC3CCCC3)cc2)c1. The number of nitrogens with one attached hydrogen (secondary N) is 1. The molecule has 0 aliphatic heterocycles. The zero-order valence-corrected chi connectivity index (χ0v) is 15.2. The first-order valence-electron chi connectivity index (χ1n) is 8.40. The van der Waals surface area contributed by atoms with Crippen LogP contribution in [-0.4, -0.2) is 26.7 Å². The van der Waals surface area contributed by atoms with Gasteiger partial charge in [-0.05, 0) is 68.1 Å². The Bertz CT molecular complexity index is 904. The Kier molecular flexibility index (Phi) is 5.27. The van der Waals surface area contributed by atoms with Crippen LogP contribution in [0.1, 0.15) is 36.0 Å². The largest absolute Gasteiger partial charge is 0.490 e. The highest BCUT2D eigenvalue weighted by atomic mass is 32.2. The molecule has 3 rings (SSSR count). The molecule has 0 aromatic heterocycles. The summed E-state index contributed by atoms with van der Waals surface area (Å²) in [5.74, 6) is -0.535. The number of sulfone groups is 1.